The quantitative estimate of drug-likeness (QED) is 0.120. The number of anilines is 1. The standard InChI is InChI=1S/C31H30FN5O4S/c1-4-21-10-11-25(40-19-22-8-6-5-7-9-22)28(14-21)42-36-30-29-26(39-3)12-23(13-27(29)41-35-30)17-37-18-24(16-34-37)15-33-31(38)20(2)32/h5-14,16,18H,2,4,15,17,19H2,1,3H3,(H,33,38)(H,35,36). The summed E-state index contributed by atoms with van der Waals surface area (Å²) in [5.74, 6) is 0.00772. The van der Waals surface area contributed by atoms with E-state index in [1.165, 1.54) is 17.5 Å². The van der Waals surface area contributed by atoms with Gasteiger partial charge in [-0.25, -0.2) is 4.39 Å². The van der Waals surface area contributed by atoms with Crippen molar-refractivity contribution in [1.82, 2.24) is 20.3 Å². The van der Waals surface area contributed by atoms with Gasteiger partial charge in [0.15, 0.2) is 17.2 Å². The van der Waals surface area contributed by atoms with Crippen molar-refractivity contribution in [2.75, 3.05) is 11.8 Å². The number of fused-ring (bicyclic) bond motifs is 1. The van der Waals surface area contributed by atoms with Crippen molar-refractivity contribution in [3.63, 3.8) is 0 Å². The molecule has 1 amide bonds. The number of aromatic nitrogens is 3. The van der Waals surface area contributed by atoms with E-state index in [1.54, 1.807) is 24.2 Å². The van der Waals surface area contributed by atoms with E-state index >= 15 is 0 Å². The third kappa shape index (κ3) is 6.92. The van der Waals surface area contributed by atoms with Gasteiger partial charge in [0, 0.05) is 18.3 Å². The van der Waals surface area contributed by atoms with E-state index in [4.69, 9.17) is 14.0 Å². The van der Waals surface area contributed by atoms with E-state index in [0.29, 0.717) is 35.7 Å². The molecule has 0 spiro atoms. The Bertz CT molecular complexity index is 1700. The van der Waals surface area contributed by atoms with Gasteiger partial charge in [0.1, 0.15) is 23.5 Å². The summed E-state index contributed by atoms with van der Waals surface area (Å²) in [5, 5.41) is 11.7. The van der Waals surface area contributed by atoms with Gasteiger partial charge in [0.2, 0.25) is 0 Å². The van der Waals surface area contributed by atoms with Crippen molar-refractivity contribution < 1.29 is 23.2 Å². The van der Waals surface area contributed by atoms with Gasteiger partial charge in [0.05, 0.1) is 24.7 Å². The van der Waals surface area contributed by atoms with Gasteiger partial charge in [-0.05, 0) is 59.3 Å². The number of halogens is 1. The predicted molar refractivity (Wildman–Crippen MR) is 160 cm³/mol. The van der Waals surface area contributed by atoms with Crippen LogP contribution in [0.2, 0.25) is 0 Å². The van der Waals surface area contributed by atoms with Gasteiger partial charge in [-0.2, -0.15) is 5.10 Å². The number of amides is 1. The second-order valence-corrected chi connectivity index (χ2v) is 10.3. The lowest BCUT2D eigenvalue weighted by molar-refractivity contribution is -0.119. The molecule has 0 aliphatic heterocycles. The maximum Gasteiger partial charge on any atom is 0.279 e. The SMILES string of the molecule is C=C(F)C(=O)NCc1cnn(Cc2cc(OC)c3c(NSc4cc(CC)ccc4OCc4ccccc4)noc3c2)c1. The number of nitrogens with one attached hydrogen (secondary N) is 2. The molecule has 3 aromatic carbocycles. The van der Waals surface area contributed by atoms with Gasteiger partial charge >= 0.3 is 0 Å². The number of carbonyl (C=O) groups is 1. The lowest BCUT2D eigenvalue weighted by Crippen LogP contribution is -2.22. The highest BCUT2D eigenvalue weighted by atomic mass is 32.2. The Hall–Kier alpha value is -4.77. The molecule has 2 aromatic heterocycles. The van der Waals surface area contributed by atoms with E-state index in [9.17, 15) is 9.18 Å². The first-order chi connectivity index (χ1) is 20.4. The van der Waals surface area contributed by atoms with Gasteiger partial charge < -0.3 is 24.0 Å². The molecular formula is C31H30FN5O4S. The minimum atomic E-state index is -1.03. The number of carbonyl (C=O) groups excluding carboxylic acids is 1. The van der Waals surface area contributed by atoms with Crippen LogP contribution >= 0.6 is 11.9 Å². The average Bonchev–Trinajstić information content (AvgIpc) is 3.64. The topological polar surface area (TPSA) is 103 Å². The average molecular weight is 588 g/mol. The molecule has 0 aliphatic carbocycles. The molecule has 5 aromatic rings. The van der Waals surface area contributed by atoms with Crippen LogP contribution in [0.1, 0.15) is 29.2 Å². The number of hydrogen-bond donors (Lipinski definition) is 2. The van der Waals surface area contributed by atoms with Crippen molar-refractivity contribution in [2.45, 2.75) is 37.9 Å². The Morgan fingerprint density at radius 1 is 1.07 bits per heavy atom. The third-order valence-electron chi connectivity index (χ3n) is 6.46. The van der Waals surface area contributed by atoms with Crippen molar-refractivity contribution >= 4 is 34.6 Å². The molecule has 11 heteroatoms. The highest BCUT2D eigenvalue weighted by molar-refractivity contribution is 8.00. The number of benzene rings is 3. The molecule has 0 saturated carbocycles. The largest absolute Gasteiger partial charge is 0.496 e. The number of nitrogens with zero attached hydrogens (tertiary/aromatic N) is 3. The van der Waals surface area contributed by atoms with Gasteiger partial charge in [-0.1, -0.05) is 55.1 Å². The van der Waals surface area contributed by atoms with Crippen LogP contribution in [0.3, 0.4) is 0 Å². The Balaban J connectivity index is 1.30. The minimum absolute atomic E-state index is 0.138. The maximum absolute atomic E-state index is 12.9. The van der Waals surface area contributed by atoms with E-state index in [0.717, 1.165) is 33.8 Å². The Labute approximate surface area is 246 Å². The lowest BCUT2D eigenvalue weighted by atomic mass is 10.1. The van der Waals surface area contributed by atoms with Crippen molar-refractivity contribution in [1.29, 1.82) is 0 Å². The molecule has 2 heterocycles. The first kappa shape index (κ1) is 28.7. The first-order valence-corrected chi connectivity index (χ1v) is 14.1. The van der Waals surface area contributed by atoms with E-state index in [-0.39, 0.29) is 6.54 Å². The Morgan fingerprint density at radius 3 is 2.67 bits per heavy atom. The molecule has 0 atom stereocenters. The molecule has 0 saturated heterocycles. The predicted octanol–water partition coefficient (Wildman–Crippen LogP) is 6.44. The number of methoxy groups -OCH3 is 1. The highest BCUT2D eigenvalue weighted by Crippen LogP contribution is 2.38. The Kier molecular flexibility index (Phi) is 9.08. The van der Waals surface area contributed by atoms with Crippen molar-refractivity contribution in [3.05, 3.63) is 108 Å². The molecule has 42 heavy (non-hydrogen) atoms. The molecule has 0 bridgehead atoms. The van der Waals surface area contributed by atoms with E-state index in [1.807, 2.05) is 48.5 Å². The van der Waals surface area contributed by atoms with Crippen molar-refractivity contribution in [3.8, 4) is 11.5 Å². The molecule has 216 valence electrons. The number of hydrogen-bond acceptors (Lipinski definition) is 8. The normalized spacial score (nSPS) is 10.9. The number of aryl methyl sites for hydroxylation is 1. The Morgan fingerprint density at radius 2 is 1.90 bits per heavy atom. The number of rotatable bonds is 13. The lowest BCUT2D eigenvalue weighted by Gasteiger charge is -2.13. The molecule has 5 rings (SSSR count). The van der Waals surface area contributed by atoms with Crippen LogP contribution in [0, 0.1) is 0 Å². The summed E-state index contributed by atoms with van der Waals surface area (Å²) in [5.41, 5.74) is 4.43. The molecule has 0 aliphatic rings. The van der Waals surface area contributed by atoms with Crippen LogP contribution in [0.15, 0.2) is 94.9 Å². The maximum atomic E-state index is 12.9. The third-order valence-corrected chi connectivity index (χ3v) is 7.29. The fourth-order valence-corrected chi connectivity index (χ4v) is 5.06. The second-order valence-electron chi connectivity index (χ2n) is 9.45. The summed E-state index contributed by atoms with van der Waals surface area (Å²) >= 11 is 1.40. The summed E-state index contributed by atoms with van der Waals surface area (Å²) in [7, 11) is 1.59. The summed E-state index contributed by atoms with van der Waals surface area (Å²) in [6, 6.07) is 20.0. The minimum Gasteiger partial charge on any atom is -0.496 e. The monoisotopic (exact) mass is 587 g/mol. The van der Waals surface area contributed by atoms with Crippen LogP contribution in [0.4, 0.5) is 10.2 Å². The van der Waals surface area contributed by atoms with Crippen molar-refractivity contribution in [2.24, 2.45) is 0 Å². The molecule has 0 fully saturated rings. The van der Waals surface area contributed by atoms with Gasteiger partial charge in [-0.15, -0.1) is 0 Å². The fourth-order valence-electron chi connectivity index (χ4n) is 4.27. The smallest absolute Gasteiger partial charge is 0.279 e. The highest BCUT2D eigenvalue weighted by Gasteiger charge is 2.17. The number of ether oxygens (including phenoxy) is 2. The van der Waals surface area contributed by atoms with E-state index in [2.05, 4.69) is 45.9 Å². The molecule has 0 radical (unpaired) electrons. The first-order valence-electron chi connectivity index (χ1n) is 13.3. The van der Waals surface area contributed by atoms with Crippen LogP contribution in [0.25, 0.3) is 11.0 Å². The molecule has 9 nitrogen and oxygen atoms in total. The summed E-state index contributed by atoms with van der Waals surface area (Å²) in [4.78, 5) is 12.3. The van der Waals surface area contributed by atoms with Gasteiger partial charge in [0.25, 0.3) is 5.91 Å². The van der Waals surface area contributed by atoms with Crippen LogP contribution in [-0.4, -0.2) is 28.0 Å². The molecule has 2 N–H and O–H groups in total. The summed E-state index contributed by atoms with van der Waals surface area (Å²) in [6.45, 7) is 6.12. The van der Waals surface area contributed by atoms with Crippen LogP contribution in [-0.2, 0) is 30.9 Å². The molecular weight excluding hydrogens is 557 g/mol. The summed E-state index contributed by atoms with van der Waals surface area (Å²) in [6.07, 6.45) is 4.27. The van der Waals surface area contributed by atoms with Crippen LogP contribution in [0.5, 0.6) is 11.5 Å². The zero-order valence-electron chi connectivity index (χ0n) is 23.2. The van der Waals surface area contributed by atoms with E-state index < -0.39 is 11.7 Å². The second kappa shape index (κ2) is 13.3. The summed E-state index contributed by atoms with van der Waals surface area (Å²) < 4.78 is 35.5. The van der Waals surface area contributed by atoms with Gasteiger partial charge in [-0.3, -0.25) is 9.48 Å². The zero-order chi connectivity index (χ0) is 29.5. The zero-order valence-corrected chi connectivity index (χ0v) is 24.0. The van der Waals surface area contributed by atoms with Crippen LogP contribution < -0.4 is 19.5 Å². The molecule has 0 unspecified atom stereocenters. The fraction of sp³-hybridized carbons (Fsp3) is 0.194.